The van der Waals surface area contributed by atoms with Gasteiger partial charge < -0.3 is 0 Å². The van der Waals surface area contributed by atoms with E-state index in [1.54, 1.807) is 11.3 Å². The zero-order valence-corrected chi connectivity index (χ0v) is 12.1. The van der Waals surface area contributed by atoms with E-state index in [2.05, 4.69) is 31.8 Å². The normalized spacial score (nSPS) is 9.19. The van der Waals surface area contributed by atoms with Gasteiger partial charge in [0, 0.05) is 0 Å². The summed E-state index contributed by atoms with van der Waals surface area (Å²) in [6, 6.07) is 8.19. The molecule has 1 aromatic carbocycles. The summed E-state index contributed by atoms with van der Waals surface area (Å²) in [6.07, 6.45) is 0. The first-order chi connectivity index (χ1) is 7.59. The van der Waals surface area contributed by atoms with Gasteiger partial charge in [0.2, 0.25) is 0 Å². The molecule has 0 bridgehead atoms. The summed E-state index contributed by atoms with van der Waals surface area (Å²) in [5.41, 5.74) is 1.12. The summed E-state index contributed by atoms with van der Waals surface area (Å²) < 4.78 is 1.28. The first-order valence-electron chi connectivity index (χ1n) is 5.91. The lowest BCUT2D eigenvalue weighted by molar-refractivity contribution is 0.737. The van der Waals surface area contributed by atoms with E-state index in [0.717, 1.165) is 16.4 Å². The molecule has 0 saturated carbocycles. The summed E-state index contributed by atoms with van der Waals surface area (Å²) in [5, 5.41) is 1.14. The zero-order valence-electron chi connectivity index (χ0n) is 11.2. The van der Waals surface area contributed by atoms with Crippen molar-refractivity contribution in [1.82, 2.24) is 4.98 Å². The van der Waals surface area contributed by atoms with Gasteiger partial charge in [0.25, 0.3) is 0 Å². The molecule has 0 amide bonds. The van der Waals surface area contributed by atoms with E-state index in [4.69, 9.17) is 0 Å². The van der Waals surface area contributed by atoms with Gasteiger partial charge >= 0.3 is 0 Å². The zero-order chi connectivity index (χ0) is 12.6. The molecule has 0 saturated heterocycles. The Morgan fingerprint density at radius 3 is 2.06 bits per heavy atom. The Kier molecular flexibility index (Phi) is 7.82. The highest BCUT2D eigenvalue weighted by atomic mass is 32.1. The average Bonchev–Trinajstić information content (AvgIpc) is 2.60. The Balaban J connectivity index is 0.000000323. The summed E-state index contributed by atoms with van der Waals surface area (Å²) in [5.74, 6) is 0.833. The van der Waals surface area contributed by atoms with Crippen molar-refractivity contribution in [1.29, 1.82) is 0 Å². The third kappa shape index (κ3) is 5.86. The third-order valence-electron chi connectivity index (χ3n) is 1.40. The number of hydrogen-bond acceptors (Lipinski definition) is 2. The molecule has 2 rings (SSSR count). The standard InChI is InChI=1S/C8H7NS.C4H10.C2H6/c1-6-9-7-4-2-3-5-8(7)10-6;1-4(2)3;1-2/h2-5H,1H3;4H,1-3H3;1-2H3. The molecule has 90 valence electrons. The number of para-hydroxylation sites is 1. The Bertz CT molecular complexity index is 355. The first-order valence-corrected chi connectivity index (χ1v) is 6.73. The summed E-state index contributed by atoms with van der Waals surface area (Å²) in [6.45, 7) is 12.5. The molecule has 0 spiro atoms. The molecule has 0 radical (unpaired) electrons. The van der Waals surface area contributed by atoms with Crippen molar-refractivity contribution in [2.45, 2.75) is 41.5 Å². The van der Waals surface area contributed by atoms with Crippen LogP contribution < -0.4 is 0 Å². The highest BCUT2D eigenvalue weighted by Gasteiger charge is 1.95. The van der Waals surface area contributed by atoms with Crippen molar-refractivity contribution in [3.05, 3.63) is 29.3 Å². The fraction of sp³-hybridized carbons (Fsp3) is 0.500. The van der Waals surface area contributed by atoms with E-state index in [1.165, 1.54) is 4.70 Å². The molecule has 0 aliphatic carbocycles. The third-order valence-corrected chi connectivity index (χ3v) is 2.35. The molecular weight excluding hydrogens is 214 g/mol. The Labute approximate surface area is 104 Å². The van der Waals surface area contributed by atoms with E-state index >= 15 is 0 Å². The van der Waals surface area contributed by atoms with Crippen molar-refractivity contribution in [2.24, 2.45) is 5.92 Å². The lowest BCUT2D eigenvalue weighted by Gasteiger charge is -1.80. The van der Waals surface area contributed by atoms with E-state index in [0.29, 0.717) is 0 Å². The lowest BCUT2D eigenvalue weighted by Crippen LogP contribution is -1.66. The number of hydrogen-bond donors (Lipinski definition) is 0. The molecule has 0 unspecified atom stereocenters. The van der Waals surface area contributed by atoms with Crippen molar-refractivity contribution >= 4 is 21.6 Å². The second-order valence-electron chi connectivity index (χ2n) is 3.93. The van der Waals surface area contributed by atoms with Crippen LogP contribution in [-0.2, 0) is 0 Å². The maximum Gasteiger partial charge on any atom is 0.0907 e. The summed E-state index contributed by atoms with van der Waals surface area (Å²) >= 11 is 1.74. The minimum absolute atomic E-state index is 0.833. The number of nitrogens with zero attached hydrogens (tertiary/aromatic N) is 1. The van der Waals surface area contributed by atoms with E-state index in [-0.39, 0.29) is 0 Å². The van der Waals surface area contributed by atoms with Gasteiger partial charge in [-0.2, -0.15) is 0 Å². The molecule has 2 heteroatoms. The topological polar surface area (TPSA) is 12.9 Å². The van der Waals surface area contributed by atoms with Crippen LogP contribution in [0.4, 0.5) is 0 Å². The Hall–Kier alpha value is -0.890. The second kappa shape index (κ2) is 8.28. The smallest absolute Gasteiger partial charge is 0.0907 e. The van der Waals surface area contributed by atoms with Crippen molar-refractivity contribution in [2.75, 3.05) is 0 Å². The van der Waals surface area contributed by atoms with Crippen LogP contribution >= 0.6 is 11.3 Å². The van der Waals surface area contributed by atoms with Gasteiger partial charge in [-0.25, -0.2) is 4.98 Å². The fourth-order valence-corrected chi connectivity index (χ4v) is 1.81. The maximum absolute atomic E-state index is 4.33. The predicted molar refractivity (Wildman–Crippen MR) is 76.2 cm³/mol. The molecular formula is C14H23NS. The van der Waals surface area contributed by atoms with Gasteiger partial charge in [-0.05, 0) is 25.0 Å². The largest absolute Gasteiger partial charge is 0.242 e. The van der Waals surface area contributed by atoms with E-state index in [1.807, 2.05) is 39.0 Å². The number of benzene rings is 1. The van der Waals surface area contributed by atoms with Crippen LogP contribution in [0.1, 0.15) is 39.6 Å². The Morgan fingerprint density at radius 2 is 1.56 bits per heavy atom. The van der Waals surface area contributed by atoms with Crippen LogP contribution in [-0.4, -0.2) is 4.98 Å². The Morgan fingerprint density at radius 1 is 1.06 bits per heavy atom. The van der Waals surface area contributed by atoms with Crippen LogP contribution in [0, 0.1) is 12.8 Å². The van der Waals surface area contributed by atoms with E-state index in [9.17, 15) is 0 Å². The predicted octanol–water partition coefficient (Wildman–Crippen LogP) is 5.29. The molecule has 2 aromatic rings. The quantitative estimate of drug-likeness (QED) is 0.606. The summed E-state index contributed by atoms with van der Waals surface area (Å²) in [4.78, 5) is 4.33. The molecule has 0 aliphatic rings. The highest BCUT2D eigenvalue weighted by molar-refractivity contribution is 7.18. The van der Waals surface area contributed by atoms with Gasteiger partial charge in [0.1, 0.15) is 0 Å². The minimum atomic E-state index is 0.833. The number of fused-ring (bicyclic) bond motifs is 1. The maximum atomic E-state index is 4.33. The molecule has 1 nitrogen and oxygen atoms in total. The lowest BCUT2D eigenvalue weighted by atomic mass is 10.3. The van der Waals surface area contributed by atoms with Crippen LogP contribution in [0.15, 0.2) is 24.3 Å². The van der Waals surface area contributed by atoms with Crippen LogP contribution in [0.2, 0.25) is 0 Å². The molecule has 1 aromatic heterocycles. The minimum Gasteiger partial charge on any atom is -0.242 e. The van der Waals surface area contributed by atoms with Crippen LogP contribution in [0.5, 0.6) is 0 Å². The van der Waals surface area contributed by atoms with Crippen LogP contribution in [0.3, 0.4) is 0 Å². The van der Waals surface area contributed by atoms with Gasteiger partial charge in [0.05, 0.1) is 15.2 Å². The molecule has 1 heterocycles. The highest BCUT2D eigenvalue weighted by Crippen LogP contribution is 2.19. The van der Waals surface area contributed by atoms with E-state index < -0.39 is 0 Å². The SMILES string of the molecule is CC.CC(C)C.Cc1nc2ccccc2s1. The molecule has 0 N–H and O–H groups in total. The van der Waals surface area contributed by atoms with Gasteiger partial charge in [0.15, 0.2) is 0 Å². The molecule has 0 atom stereocenters. The van der Waals surface area contributed by atoms with Crippen LogP contribution in [0.25, 0.3) is 10.2 Å². The summed E-state index contributed by atoms with van der Waals surface area (Å²) in [7, 11) is 0. The number of rotatable bonds is 0. The molecule has 0 aliphatic heterocycles. The first kappa shape index (κ1) is 15.1. The van der Waals surface area contributed by atoms with Crippen molar-refractivity contribution in [3.63, 3.8) is 0 Å². The van der Waals surface area contributed by atoms with Gasteiger partial charge in [-0.15, -0.1) is 11.3 Å². The monoisotopic (exact) mass is 237 g/mol. The number of thiazole rings is 1. The van der Waals surface area contributed by atoms with Crippen molar-refractivity contribution in [3.8, 4) is 0 Å². The van der Waals surface area contributed by atoms with Gasteiger partial charge in [-0.1, -0.05) is 46.8 Å². The number of aromatic nitrogens is 1. The second-order valence-corrected chi connectivity index (χ2v) is 5.17. The number of aryl methyl sites for hydroxylation is 1. The molecule has 0 fully saturated rings. The van der Waals surface area contributed by atoms with Crippen molar-refractivity contribution < 1.29 is 0 Å². The van der Waals surface area contributed by atoms with Gasteiger partial charge in [-0.3, -0.25) is 0 Å². The average molecular weight is 237 g/mol. The molecule has 16 heavy (non-hydrogen) atoms. The fourth-order valence-electron chi connectivity index (χ4n) is 0.987.